The lowest BCUT2D eigenvalue weighted by atomic mass is 10.1. The molecule has 1 aromatic heterocycles. The third-order valence-electron chi connectivity index (χ3n) is 4.10. The molecule has 4 heteroatoms. The number of pyridine rings is 1. The molecule has 1 aliphatic carbocycles. The first-order valence-electron chi connectivity index (χ1n) is 8.50. The summed E-state index contributed by atoms with van der Waals surface area (Å²) >= 11 is 1.83. The molecule has 3 rings (SSSR count). The van der Waals surface area contributed by atoms with Crippen molar-refractivity contribution in [2.45, 2.75) is 33.6 Å². The lowest BCUT2D eigenvalue weighted by molar-refractivity contribution is 0.344. The van der Waals surface area contributed by atoms with Gasteiger partial charge < -0.3 is 10.5 Å². The van der Waals surface area contributed by atoms with E-state index in [0.29, 0.717) is 6.61 Å². The molecular weight excluding hydrogens is 316 g/mol. The highest BCUT2D eigenvalue weighted by Gasteiger charge is 2.27. The molecule has 1 aromatic carbocycles. The van der Waals surface area contributed by atoms with E-state index < -0.39 is 0 Å². The van der Waals surface area contributed by atoms with E-state index in [9.17, 15) is 0 Å². The SMILES string of the molecule is C/C=C(\S/C(=C\C)C1CC1)c1cc(OCC)c2cc(N)ccc2n1. The molecule has 0 amide bonds. The highest BCUT2D eigenvalue weighted by atomic mass is 32.2. The predicted octanol–water partition coefficient (Wildman–Crippen LogP) is 5.62. The summed E-state index contributed by atoms with van der Waals surface area (Å²) in [4.78, 5) is 7.47. The van der Waals surface area contributed by atoms with Crippen molar-refractivity contribution in [2.75, 3.05) is 12.3 Å². The molecule has 0 radical (unpaired) electrons. The second-order valence-corrected chi connectivity index (χ2v) is 7.05. The standard InChI is InChI=1S/C20H24N2OS/c1-4-19(13-7-8-13)24-20(5-2)17-12-18(23-6-3)15-11-14(21)9-10-16(15)22-17/h4-5,9-13H,6-8,21H2,1-3H3/b19-4-,20-5-. The number of nitrogen functional groups attached to an aromatic ring is 1. The van der Waals surface area contributed by atoms with Gasteiger partial charge in [-0.1, -0.05) is 23.9 Å². The lowest BCUT2D eigenvalue weighted by Crippen LogP contribution is -1.98. The van der Waals surface area contributed by atoms with Crippen molar-refractivity contribution >= 4 is 33.3 Å². The fourth-order valence-electron chi connectivity index (χ4n) is 2.75. The smallest absolute Gasteiger partial charge is 0.130 e. The van der Waals surface area contributed by atoms with Crippen LogP contribution in [0.1, 0.15) is 39.3 Å². The van der Waals surface area contributed by atoms with E-state index in [0.717, 1.165) is 34.0 Å². The van der Waals surface area contributed by atoms with Crippen LogP contribution >= 0.6 is 11.8 Å². The fraction of sp³-hybridized carbons (Fsp3) is 0.350. The van der Waals surface area contributed by atoms with Crippen molar-refractivity contribution in [1.82, 2.24) is 4.98 Å². The zero-order valence-corrected chi connectivity index (χ0v) is 15.3. The van der Waals surface area contributed by atoms with Crippen LogP contribution in [0.25, 0.3) is 15.8 Å². The summed E-state index contributed by atoms with van der Waals surface area (Å²) in [6, 6.07) is 7.82. The van der Waals surface area contributed by atoms with E-state index in [2.05, 4.69) is 26.0 Å². The van der Waals surface area contributed by atoms with Gasteiger partial charge in [-0.05, 0) is 62.6 Å². The summed E-state index contributed by atoms with van der Waals surface area (Å²) in [5.41, 5.74) is 8.53. The van der Waals surface area contributed by atoms with Crippen LogP contribution < -0.4 is 10.5 Å². The number of anilines is 1. The van der Waals surface area contributed by atoms with Crippen molar-refractivity contribution in [2.24, 2.45) is 5.92 Å². The van der Waals surface area contributed by atoms with E-state index in [1.807, 2.05) is 43.0 Å². The third kappa shape index (κ3) is 3.59. The molecule has 0 unspecified atom stereocenters. The maximum atomic E-state index is 5.93. The summed E-state index contributed by atoms with van der Waals surface area (Å²) in [6.07, 6.45) is 6.98. The zero-order chi connectivity index (χ0) is 17.1. The van der Waals surface area contributed by atoms with E-state index >= 15 is 0 Å². The van der Waals surface area contributed by atoms with Crippen molar-refractivity contribution in [3.63, 3.8) is 0 Å². The molecule has 0 bridgehead atoms. The van der Waals surface area contributed by atoms with Gasteiger partial charge >= 0.3 is 0 Å². The van der Waals surface area contributed by atoms with Gasteiger partial charge in [0.05, 0.1) is 17.8 Å². The highest BCUT2D eigenvalue weighted by molar-refractivity contribution is 8.11. The van der Waals surface area contributed by atoms with Gasteiger partial charge in [0.25, 0.3) is 0 Å². The molecule has 1 aliphatic rings. The minimum absolute atomic E-state index is 0.619. The van der Waals surface area contributed by atoms with Gasteiger partial charge in [0.15, 0.2) is 0 Å². The summed E-state index contributed by atoms with van der Waals surface area (Å²) < 4.78 is 5.85. The molecule has 0 spiro atoms. The molecule has 3 nitrogen and oxygen atoms in total. The van der Waals surface area contributed by atoms with Crippen LogP contribution in [0.4, 0.5) is 5.69 Å². The first kappa shape index (κ1) is 16.9. The molecular formula is C20H24N2OS. The number of aromatic nitrogens is 1. The van der Waals surface area contributed by atoms with E-state index in [-0.39, 0.29) is 0 Å². The number of allylic oxidation sites excluding steroid dienone is 3. The second-order valence-electron chi connectivity index (χ2n) is 5.94. The molecule has 1 heterocycles. The Bertz CT molecular complexity index is 807. The monoisotopic (exact) mass is 340 g/mol. The number of benzene rings is 1. The van der Waals surface area contributed by atoms with E-state index in [1.165, 1.54) is 22.7 Å². The Kier molecular flexibility index (Phi) is 5.14. The van der Waals surface area contributed by atoms with Gasteiger partial charge in [0.1, 0.15) is 5.75 Å². The summed E-state index contributed by atoms with van der Waals surface area (Å²) in [5.74, 6) is 1.58. The maximum Gasteiger partial charge on any atom is 0.130 e. The molecule has 126 valence electrons. The molecule has 2 aromatic rings. The molecule has 0 aliphatic heterocycles. The van der Waals surface area contributed by atoms with Crippen molar-refractivity contribution in [3.8, 4) is 5.75 Å². The first-order valence-corrected chi connectivity index (χ1v) is 9.31. The molecule has 24 heavy (non-hydrogen) atoms. The molecule has 0 atom stereocenters. The Balaban J connectivity index is 2.02. The van der Waals surface area contributed by atoms with Crippen LogP contribution in [0.2, 0.25) is 0 Å². The van der Waals surface area contributed by atoms with Crippen LogP contribution in [0, 0.1) is 5.92 Å². The third-order valence-corrected chi connectivity index (χ3v) is 5.57. The lowest BCUT2D eigenvalue weighted by Gasteiger charge is -2.13. The number of ether oxygens (including phenoxy) is 1. The largest absolute Gasteiger partial charge is 0.493 e. The Morgan fingerprint density at radius 3 is 2.71 bits per heavy atom. The number of thioether (sulfide) groups is 1. The Morgan fingerprint density at radius 2 is 2.08 bits per heavy atom. The predicted molar refractivity (Wildman–Crippen MR) is 105 cm³/mol. The number of nitrogens with zero attached hydrogens (tertiary/aromatic N) is 1. The van der Waals surface area contributed by atoms with Gasteiger partial charge in [-0.3, -0.25) is 0 Å². The average Bonchev–Trinajstić information content (AvgIpc) is 3.41. The number of rotatable bonds is 6. The average molecular weight is 340 g/mol. The first-order chi connectivity index (χ1) is 11.7. The van der Waals surface area contributed by atoms with Gasteiger partial charge in [0.2, 0.25) is 0 Å². The Hall–Kier alpha value is -1.94. The summed E-state index contributed by atoms with van der Waals surface area (Å²) in [7, 11) is 0. The minimum atomic E-state index is 0.619. The van der Waals surface area contributed by atoms with Crippen LogP contribution in [-0.2, 0) is 0 Å². The molecule has 1 fully saturated rings. The van der Waals surface area contributed by atoms with Crippen molar-refractivity contribution in [1.29, 1.82) is 0 Å². The van der Waals surface area contributed by atoms with Gasteiger partial charge in [-0.15, -0.1) is 0 Å². The molecule has 2 N–H and O–H groups in total. The number of nitrogens with two attached hydrogens (primary N) is 1. The zero-order valence-electron chi connectivity index (χ0n) is 14.5. The molecule has 1 saturated carbocycles. The minimum Gasteiger partial charge on any atom is -0.493 e. The van der Waals surface area contributed by atoms with Gasteiger partial charge in [-0.2, -0.15) is 0 Å². The maximum absolute atomic E-state index is 5.93. The normalized spacial score (nSPS) is 15.8. The van der Waals surface area contributed by atoms with Crippen LogP contribution in [0.3, 0.4) is 0 Å². The van der Waals surface area contributed by atoms with Crippen molar-refractivity contribution < 1.29 is 4.74 Å². The fourth-order valence-corrected chi connectivity index (χ4v) is 3.85. The van der Waals surface area contributed by atoms with Crippen LogP contribution in [0.5, 0.6) is 5.75 Å². The van der Waals surface area contributed by atoms with Crippen LogP contribution in [0.15, 0.2) is 41.3 Å². The Morgan fingerprint density at radius 1 is 1.29 bits per heavy atom. The summed E-state index contributed by atoms with van der Waals surface area (Å²) in [5, 5.41) is 0.967. The second kappa shape index (κ2) is 7.31. The molecule has 0 saturated heterocycles. The Labute approximate surface area is 148 Å². The van der Waals surface area contributed by atoms with Crippen molar-refractivity contribution in [3.05, 3.63) is 47.0 Å². The topological polar surface area (TPSA) is 48.1 Å². The van der Waals surface area contributed by atoms with Gasteiger partial charge in [0, 0.05) is 22.0 Å². The number of hydrogen-bond acceptors (Lipinski definition) is 4. The van der Waals surface area contributed by atoms with Crippen LogP contribution in [-0.4, -0.2) is 11.6 Å². The highest BCUT2D eigenvalue weighted by Crippen LogP contribution is 2.47. The van der Waals surface area contributed by atoms with Gasteiger partial charge in [-0.25, -0.2) is 4.98 Å². The van der Waals surface area contributed by atoms with E-state index in [4.69, 9.17) is 15.5 Å². The number of hydrogen-bond donors (Lipinski definition) is 1. The summed E-state index contributed by atoms with van der Waals surface area (Å²) in [6.45, 7) is 6.80. The number of fused-ring (bicyclic) bond motifs is 1. The quantitative estimate of drug-likeness (QED) is 0.693. The van der Waals surface area contributed by atoms with E-state index in [1.54, 1.807) is 0 Å².